The zero-order chi connectivity index (χ0) is 16.7. The largest absolute Gasteiger partial charge is 0.0625 e. The zero-order valence-electron chi connectivity index (χ0n) is 16.7. The molecule has 5 unspecified atom stereocenters. The predicted molar refractivity (Wildman–Crippen MR) is 104 cm³/mol. The average Bonchev–Trinajstić information content (AvgIpc) is 3.27. The van der Waals surface area contributed by atoms with E-state index in [1.165, 1.54) is 77.0 Å². The molecule has 0 heterocycles. The van der Waals surface area contributed by atoms with Gasteiger partial charge in [-0.25, -0.2) is 0 Å². The summed E-state index contributed by atoms with van der Waals surface area (Å²) >= 11 is 0. The molecule has 0 heteroatoms. The zero-order valence-corrected chi connectivity index (χ0v) is 16.7. The molecule has 3 aliphatic rings. The second-order valence-corrected chi connectivity index (χ2v) is 9.77. The lowest BCUT2D eigenvalue weighted by molar-refractivity contribution is 0.172. The molecule has 0 saturated heterocycles. The standard InChI is InChI=1S/C19H36.C4H8/c1-15-6-4-5-7-18(12-10-15)19-13-11-16(2)8-9-17(3)14-19;1-4-2-3-4/h15-19H,4-14H2,1-3H3;4H,2-3H2,1H3. The van der Waals surface area contributed by atoms with Crippen LogP contribution in [-0.2, 0) is 0 Å². The molecule has 0 N–H and O–H groups in total. The highest BCUT2D eigenvalue weighted by Crippen LogP contribution is 2.39. The van der Waals surface area contributed by atoms with Crippen molar-refractivity contribution in [3.8, 4) is 0 Å². The molecule has 3 rings (SSSR count). The molecule has 0 aromatic rings. The second-order valence-electron chi connectivity index (χ2n) is 9.77. The SMILES string of the molecule is CC1CC1.CC1CCCCC(C2CCC(C)CCC(C)C2)CC1. The molecule has 0 spiro atoms. The molecule has 0 aliphatic heterocycles. The summed E-state index contributed by atoms with van der Waals surface area (Å²) in [4.78, 5) is 0. The summed E-state index contributed by atoms with van der Waals surface area (Å²) in [7, 11) is 0. The Balaban J connectivity index is 0.000000417. The molecule has 3 saturated carbocycles. The first-order chi connectivity index (χ1) is 11.0. The maximum absolute atomic E-state index is 2.51. The highest BCUT2D eigenvalue weighted by Gasteiger charge is 2.27. The van der Waals surface area contributed by atoms with Gasteiger partial charge < -0.3 is 0 Å². The van der Waals surface area contributed by atoms with Crippen molar-refractivity contribution in [1.82, 2.24) is 0 Å². The van der Waals surface area contributed by atoms with Crippen LogP contribution < -0.4 is 0 Å². The molecule has 3 aliphatic carbocycles. The van der Waals surface area contributed by atoms with Gasteiger partial charge in [-0.1, -0.05) is 91.9 Å². The molecule has 0 radical (unpaired) electrons. The van der Waals surface area contributed by atoms with Crippen molar-refractivity contribution >= 4 is 0 Å². The third-order valence-corrected chi connectivity index (χ3v) is 6.97. The van der Waals surface area contributed by atoms with Gasteiger partial charge in [0.25, 0.3) is 0 Å². The highest BCUT2D eigenvalue weighted by molar-refractivity contribution is 4.78. The Bertz CT molecular complexity index is 303. The van der Waals surface area contributed by atoms with Crippen LogP contribution in [0, 0.1) is 35.5 Å². The van der Waals surface area contributed by atoms with Crippen molar-refractivity contribution < 1.29 is 0 Å². The van der Waals surface area contributed by atoms with Gasteiger partial charge in [0, 0.05) is 0 Å². The Labute approximate surface area is 147 Å². The van der Waals surface area contributed by atoms with Crippen molar-refractivity contribution in [3.05, 3.63) is 0 Å². The van der Waals surface area contributed by atoms with E-state index in [2.05, 4.69) is 27.7 Å². The van der Waals surface area contributed by atoms with Gasteiger partial charge in [0.15, 0.2) is 0 Å². The van der Waals surface area contributed by atoms with Crippen molar-refractivity contribution in [1.29, 1.82) is 0 Å². The molecular formula is C23H44. The molecule has 5 atom stereocenters. The summed E-state index contributed by atoms with van der Waals surface area (Å²) in [6.45, 7) is 9.75. The highest BCUT2D eigenvalue weighted by atomic mass is 14.3. The molecule has 3 fully saturated rings. The lowest BCUT2D eigenvalue weighted by Gasteiger charge is -2.34. The summed E-state index contributed by atoms with van der Waals surface area (Å²) < 4.78 is 0. The minimum Gasteiger partial charge on any atom is -0.0625 e. The van der Waals surface area contributed by atoms with E-state index in [-0.39, 0.29) is 0 Å². The van der Waals surface area contributed by atoms with Gasteiger partial charge in [0.2, 0.25) is 0 Å². The van der Waals surface area contributed by atoms with Gasteiger partial charge in [-0.15, -0.1) is 0 Å². The smallest absolute Gasteiger partial charge is 0.0383 e. The van der Waals surface area contributed by atoms with Gasteiger partial charge in [-0.2, -0.15) is 0 Å². The van der Waals surface area contributed by atoms with E-state index in [0.29, 0.717) is 0 Å². The monoisotopic (exact) mass is 320 g/mol. The summed E-state index contributed by atoms with van der Waals surface area (Å²) in [5, 5.41) is 0. The van der Waals surface area contributed by atoms with Gasteiger partial charge >= 0.3 is 0 Å². The second kappa shape index (κ2) is 10.1. The Morgan fingerprint density at radius 2 is 0.826 bits per heavy atom. The Kier molecular flexibility index (Phi) is 8.48. The molecule has 0 bridgehead atoms. The van der Waals surface area contributed by atoms with Gasteiger partial charge in [-0.3, -0.25) is 0 Å². The van der Waals surface area contributed by atoms with E-state index in [9.17, 15) is 0 Å². The van der Waals surface area contributed by atoms with Crippen LogP contribution in [-0.4, -0.2) is 0 Å². The Hall–Kier alpha value is 0. The van der Waals surface area contributed by atoms with E-state index in [4.69, 9.17) is 0 Å². The molecular weight excluding hydrogens is 276 g/mol. The van der Waals surface area contributed by atoms with Crippen molar-refractivity contribution in [2.45, 2.75) is 111 Å². The van der Waals surface area contributed by atoms with E-state index < -0.39 is 0 Å². The van der Waals surface area contributed by atoms with Crippen LogP contribution in [0.15, 0.2) is 0 Å². The molecule has 0 aromatic carbocycles. The summed E-state index contributed by atoms with van der Waals surface area (Å²) in [5.41, 5.74) is 0. The first-order valence-corrected chi connectivity index (χ1v) is 11.0. The molecule has 0 aromatic heterocycles. The lowest BCUT2D eigenvalue weighted by Crippen LogP contribution is -2.22. The minimum absolute atomic E-state index is 0.982. The first kappa shape index (κ1) is 19.3. The number of hydrogen-bond donors (Lipinski definition) is 0. The first-order valence-electron chi connectivity index (χ1n) is 11.0. The maximum Gasteiger partial charge on any atom is -0.0383 e. The normalized spacial score (nSPS) is 39.9. The fraction of sp³-hybridized carbons (Fsp3) is 1.00. The van der Waals surface area contributed by atoms with Crippen LogP contribution in [0.4, 0.5) is 0 Å². The molecule has 23 heavy (non-hydrogen) atoms. The van der Waals surface area contributed by atoms with Crippen LogP contribution in [0.3, 0.4) is 0 Å². The molecule has 0 amide bonds. The number of hydrogen-bond acceptors (Lipinski definition) is 0. The van der Waals surface area contributed by atoms with E-state index in [0.717, 1.165) is 35.5 Å². The summed E-state index contributed by atoms with van der Waals surface area (Å²) in [5.74, 6) is 6.17. The minimum atomic E-state index is 0.982. The van der Waals surface area contributed by atoms with Gasteiger partial charge in [0.1, 0.15) is 0 Å². The third-order valence-electron chi connectivity index (χ3n) is 6.97. The Morgan fingerprint density at radius 3 is 1.48 bits per heavy atom. The van der Waals surface area contributed by atoms with Crippen molar-refractivity contribution in [2.24, 2.45) is 35.5 Å². The van der Waals surface area contributed by atoms with Gasteiger partial charge in [0.05, 0.1) is 0 Å². The van der Waals surface area contributed by atoms with Crippen LogP contribution >= 0.6 is 0 Å². The summed E-state index contributed by atoms with van der Waals surface area (Å²) in [6.07, 6.45) is 19.6. The fourth-order valence-corrected chi connectivity index (χ4v) is 4.72. The average molecular weight is 321 g/mol. The van der Waals surface area contributed by atoms with Crippen LogP contribution in [0.25, 0.3) is 0 Å². The topological polar surface area (TPSA) is 0 Å². The van der Waals surface area contributed by atoms with Crippen LogP contribution in [0.1, 0.15) is 111 Å². The Morgan fingerprint density at radius 1 is 0.391 bits per heavy atom. The quantitative estimate of drug-likeness (QED) is 0.461. The van der Waals surface area contributed by atoms with Crippen LogP contribution in [0.2, 0.25) is 0 Å². The van der Waals surface area contributed by atoms with E-state index in [1.807, 2.05) is 0 Å². The van der Waals surface area contributed by atoms with Crippen molar-refractivity contribution in [3.63, 3.8) is 0 Å². The third kappa shape index (κ3) is 8.08. The van der Waals surface area contributed by atoms with Crippen LogP contribution in [0.5, 0.6) is 0 Å². The lowest BCUT2D eigenvalue weighted by atomic mass is 9.71. The predicted octanol–water partition coefficient (Wildman–Crippen LogP) is 7.86. The molecule has 136 valence electrons. The number of rotatable bonds is 1. The van der Waals surface area contributed by atoms with Crippen molar-refractivity contribution in [2.75, 3.05) is 0 Å². The van der Waals surface area contributed by atoms with E-state index in [1.54, 1.807) is 6.42 Å². The fourth-order valence-electron chi connectivity index (χ4n) is 4.72. The van der Waals surface area contributed by atoms with Gasteiger partial charge in [-0.05, 0) is 54.8 Å². The van der Waals surface area contributed by atoms with E-state index >= 15 is 0 Å². The molecule has 0 nitrogen and oxygen atoms in total. The summed E-state index contributed by atoms with van der Waals surface area (Å²) in [6, 6.07) is 0. The maximum atomic E-state index is 2.51.